The Morgan fingerprint density at radius 2 is 1.53 bits per heavy atom. The standard InChI is InChI=1S/C13H7BF5/c1-6-2-3-9(16)11(12(6)18)14-8-4-7(15)5-10(17)13(8)19/h2-5H,1H3. The van der Waals surface area contributed by atoms with Crippen molar-refractivity contribution >= 4 is 18.2 Å². The van der Waals surface area contributed by atoms with E-state index in [1.165, 1.54) is 13.0 Å². The smallest absolute Gasteiger partial charge is 0.203 e. The van der Waals surface area contributed by atoms with Gasteiger partial charge in [0.25, 0.3) is 0 Å². The maximum absolute atomic E-state index is 13.7. The highest BCUT2D eigenvalue weighted by Gasteiger charge is 2.18. The van der Waals surface area contributed by atoms with Crippen molar-refractivity contribution in [3.05, 3.63) is 58.9 Å². The zero-order valence-electron chi connectivity index (χ0n) is 9.78. The summed E-state index contributed by atoms with van der Waals surface area (Å²) in [6.45, 7) is 1.40. The molecule has 2 aromatic carbocycles. The number of aryl methyl sites for hydroxylation is 1. The average Bonchev–Trinajstić information content (AvgIpc) is 2.35. The Labute approximate surface area is 107 Å². The molecule has 0 fully saturated rings. The molecule has 2 aromatic rings. The van der Waals surface area contributed by atoms with E-state index in [0.717, 1.165) is 13.3 Å². The summed E-state index contributed by atoms with van der Waals surface area (Å²) in [7, 11) is 0.735. The lowest BCUT2D eigenvalue weighted by Crippen LogP contribution is -2.35. The number of hydrogen-bond acceptors (Lipinski definition) is 0. The Balaban J connectivity index is 2.51. The fourth-order valence-electron chi connectivity index (χ4n) is 1.65. The molecule has 0 heterocycles. The summed E-state index contributed by atoms with van der Waals surface area (Å²) in [4.78, 5) is 0. The first-order valence-corrected chi connectivity index (χ1v) is 5.34. The third-order valence-electron chi connectivity index (χ3n) is 2.64. The normalized spacial score (nSPS) is 10.6. The van der Waals surface area contributed by atoms with Crippen molar-refractivity contribution in [3.63, 3.8) is 0 Å². The fraction of sp³-hybridized carbons (Fsp3) is 0.0769. The molecule has 0 aliphatic rings. The van der Waals surface area contributed by atoms with Crippen LogP contribution in [0.1, 0.15) is 5.56 Å². The average molecular weight is 269 g/mol. The molecule has 0 aliphatic heterocycles. The first kappa shape index (κ1) is 13.6. The van der Waals surface area contributed by atoms with Gasteiger partial charge in [-0.3, -0.25) is 0 Å². The zero-order chi connectivity index (χ0) is 14.2. The molecular formula is C13H7BF5. The van der Waals surface area contributed by atoms with E-state index < -0.39 is 40.0 Å². The second-order valence-electron chi connectivity index (χ2n) is 4.03. The van der Waals surface area contributed by atoms with Crippen molar-refractivity contribution in [1.29, 1.82) is 0 Å². The Kier molecular flexibility index (Phi) is 3.60. The summed E-state index contributed by atoms with van der Waals surface area (Å²) >= 11 is 0. The van der Waals surface area contributed by atoms with Gasteiger partial charge in [0.1, 0.15) is 17.5 Å². The molecular weight excluding hydrogens is 262 g/mol. The molecule has 0 amide bonds. The van der Waals surface area contributed by atoms with Gasteiger partial charge in [-0.2, -0.15) is 0 Å². The molecule has 6 heteroatoms. The Bertz CT molecular complexity index is 639. The molecule has 2 rings (SSSR count). The van der Waals surface area contributed by atoms with Gasteiger partial charge in [-0.25, -0.2) is 22.0 Å². The van der Waals surface area contributed by atoms with Crippen LogP contribution in [0.2, 0.25) is 0 Å². The summed E-state index contributed by atoms with van der Waals surface area (Å²) in [5, 5.41) is 0. The number of halogens is 5. The third kappa shape index (κ3) is 2.62. The SMILES string of the molecule is Cc1ccc(F)c([B]c2cc(F)cc(F)c2F)c1F. The fourth-order valence-corrected chi connectivity index (χ4v) is 1.65. The van der Waals surface area contributed by atoms with E-state index in [9.17, 15) is 22.0 Å². The predicted octanol–water partition coefficient (Wildman–Crippen LogP) is 2.35. The predicted molar refractivity (Wildman–Crippen MR) is 62.4 cm³/mol. The second kappa shape index (κ2) is 5.03. The summed E-state index contributed by atoms with van der Waals surface area (Å²) in [5.41, 5.74) is -0.949. The monoisotopic (exact) mass is 269 g/mol. The van der Waals surface area contributed by atoms with Crippen LogP contribution in [0.5, 0.6) is 0 Å². The van der Waals surface area contributed by atoms with Crippen LogP contribution in [0.15, 0.2) is 24.3 Å². The van der Waals surface area contributed by atoms with E-state index >= 15 is 0 Å². The summed E-state index contributed by atoms with van der Waals surface area (Å²) < 4.78 is 66.6. The van der Waals surface area contributed by atoms with E-state index in [2.05, 4.69) is 0 Å². The zero-order valence-corrected chi connectivity index (χ0v) is 9.78. The first-order chi connectivity index (χ1) is 8.90. The highest BCUT2D eigenvalue weighted by atomic mass is 19.2. The molecule has 97 valence electrons. The lowest BCUT2D eigenvalue weighted by molar-refractivity contribution is 0.500. The van der Waals surface area contributed by atoms with Crippen molar-refractivity contribution in [2.45, 2.75) is 6.92 Å². The summed E-state index contributed by atoms with van der Waals surface area (Å²) in [6.07, 6.45) is 0. The van der Waals surface area contributed by atoms with Gasteiger partial charge < -0.3 is 0 Å². The third-order valence-corrected chi connectivity index (χ3v) is 2.64. The van der Waals surface area contributed by atoms with Crippen LogP contribution < -0.4 is 10.9 Å². The lowest BCUT2D eigenvalue weighted by atomic mass is 9.63. The number of rotatable bonds is 2. The molecule has 0 nitrogen and oxygen atoms in total. The van der Waals surface area contributed by atoms with Gasteiger partial charge in [0, 0.05) is 6.07 Å². The number of benzene rings is 2. The van der Waals surface area contributed by atoms with E-state index in [-0.39, 0.29) is 5.56 Å². The van der Waals surface area contributed by atoms with Crippen LogP contribution in [0, 0.1) is 36.0 Å². The molecule has 0 bridgehead atoms. The molecule has 0 unspecified atom stereocenters. The molecule has 0 atom stereocenters. The van der Waals surface area contributed by atoms with Crippen molar-refractivity contribution in [2.24, 2.45) is 0 Å². The van der Waals surface area contributed by atoms with Crippen molar-refractivity contribution in [1.82, 2.24) is 0 Å². The van der Waals surface area contributed by atoms with Gasteiger partial charge in [0.2, 0.25) is 7.28 Å². The topological polar surface area (TPSA) is 0 Å². The molecule has 0 N–H and O–H groups in total. The molecule has 0 saturated carbocycles. The summed E-state index contributed by atoms with van der Waals surface area (Å²) in [5.74, 6) is -5.64. The van der Waals surface area contributed by atoms with Gasteiger partial charge >= 0.3 is 0 Å². The highest BCUT2D eigenvalue weighted by Crippen LogP contribution is 2.08. The first-order valence-electron chi connectivity index (χ1n) is 5.34. The van der Waals surface area contributed by atoms with Gasteiger partial charge in [-0.15, -0.1) is 0 Å². The maximum atomic E-state index is 13.7. The van der Waals surface area contributed by atoms with Crippen molar-refractivity contribution in [2.75, 3.05) is 0 Å². The van der Waals surface area contributed by atoms with Crippen LogP contribution in [-0.4, -0.2) is 7.28 Å². The van der Waals surface area contributed by atoms with E-state index in [0.29, 0.717) is 12.1 Å². The van der Waals surface area contributed by atoms with Gasteiger partial charge in [-0.05, 0) is 35.5 Å². The molecule has 0 spiro atoms. The Morgan fingerprint density at radius 3 is 2.21 bits per heavy atom. The second-order valence-corrected chi connectivity index (χ2v) is 4.03. The van der Waals surface area contributed by atoms with Gasteiger partial charge in [0.05, 0.1) is 0 Å². The minimum atomic E-state index is -1.42. The molecule has 0 saturated heterocycles. The molecule has 0 aromatic heterocycles. The summed E-state index contributed by atoms with van der Waals surface area (Å²) in [6, 6.07) is 3.23. The van der Waals surface area contributed by atoms with Crippen molar-refractivity contribution in [3.8, 4) is 0 Å². The quantitative estimate of drug-likeness (QED) is 0.446. The van der Waals surface area contributed by atoms with Crippen LogP contribution in [0.4, 0.5) is 22.0 Å². The van der Waals surface area contributed by atoms with Gasteiger partial charge in [-0.1, -0.05) is 6.07 Å². The molecule has 19 heavy (non-hydrogen) atoms. The molecule has 1 radical (unpaired) electrons. The van der Waals surface area contributed by atoms with Gasteiger partial charge in [0.15, 0.2) is 11.6 Å². The van der Waals surface area contributed by atoms with E-state index in [4.69, 9.17) is 0 Å². The van der Waals surface area contributed by atoms with Crippen LogP contribution in [-0.2, 0) is 0 Å². The lowest BCUT2D eigenvalue weighted by Gasteiger charge is -2.08. The van der Waals surface area contributed by atoms with Crippen LogP contribution in [0.25, 0.3) is 0 Å². The minimum Gasteiger partial charge on any atom is -0.208 e. The Hall–Kier alpha value is -1.85. The van der Waals surface area contributed by atoms with Crippen LogP contribution in [0.3, 0.4) is 0 Å². The highest BCUT2D eigenvalue weighted by molar-refractivity contribution is 6.67. The Morgan fingerprint density at radius 1 is 0.842 bits per heavy atom. The van der Waals surface area contributed by atoms with E-state index in [1.54, 1.807) is 0 Å². The van der Waals surface area contributed by atoms with Crippen LogP contribution >= 0.6 is 0 Å². The van der Waals surface area contributed by atoms with Crippen molar-refractivity contribution < 1.29 is 22.0 Å². The van der Waals surface area contributed by atoms with E-state index in [1.807, 2.05) is 0 Å². The minimum absolute atomic E-state index is 0.143. The molecule has 0 aliphatic carbocycles. The largest absolute Gasteiger partial charge is 0.208 e. The maximum Gasteiger partial charge on any atom is 0.203 e. The number of hydrogen-bond donors (Lipinski definition) is 0.